The third-order valence-corrected chi connectivity index (χ3v) is 16.3. The lowest BCUT2D eigenvalue weighted by Crippen LogP contribution is -2.58. The van der Waals surface area contributed by atoms with Gasteiger partial charge in [-0.2, -0.15) is 9.97 Å². The molecule has 0 spiro atoms. The number of piperazine rings is 1. The number of fused-ring (bicyclic) bond motifs is 4. The zero-order chi connectivity index (χ0) is 52.0. The van der Waals surface area contributed by atoms with E-state index < -0.39 is 35.3 Å². The first-order valence-corrected chi connectivity index (χ1v) is 26.8. The zero-order valence-electron chi connectivity index (χ0n) is 42.9. The van der Waals surface area contributed by atoms with Crippen molar-refractivity contribution in [2.24, 2.45) is 11.3 Å². The number of carbonyl (C=O) groups is 3. The summed E-state index contributed by atoms with van der Waals surface area (Å²) in [5, 5.41) is 22.3. The van der Waals surface area contributed by atoms with Crippen molar-refractivity contribution in [2.75, 3.05) is 44.2 Å². The number of hydrogen-bond acceptors (Lipinski definition) is 14. The number of rotatable bonds is 16. The van der Waals surface area contributed by atoms with Gasteiger partial charge in [0.05, 0.1) is 39.3 Å². The molecule has 5 N–H and O–H groups in total. The number of thiazole rings is 1. The summed E-state index contributed by atoms with van der Waals surface area (Å²) in [6.45, 7) is 14.9. The number of anilines is 1. The fraction of sp³-hybridized carbons (Fsp3) is 0.491. The van der Waals surface area contributed by atoms with Crippen LogP contribution in [0.15, 0.2) is 71.1 Å². The lowest BCUT2D eigenvalue weighted by atomic mass is 9.85. The van der Waals surface area contributed by atoms with E-state index in [9.17, 15) is 24.3 Å². The topological polar surface area (TPSA) is 211 Å². The standard InChI is InChI=1S/C55H66FN11O6S/c1-30-24-65(20-10-9-13-43(69)62-50(55(4,5)6)53(72)67-27-38(68)22-41(67)52(71)59-31(2)33-14-16-34(17-15-33)49-32(3)58-29-74-49)42(30)28-73-54-63-46-40(51(64-54)66-25-36-18-19-37(26-66)60-36)23-57-48(45(46)56)47-39-12-8-7-11-35(39)21-44(70)61-47/h7-8,11-12,14-17,21,23,29-31,36-38,41-42,50,60,68H,9-10,13,18-20,22,24-28H2,1-6H3,(H,59,71)(H,61,70)(H,62,69)/t30-,31+,36?,37?,38-,41+,42-,50-/m1/s1. The number of aromatic nitrogens is 5. The molecule has 17 nitrogen and oxygen atoms in total. The number of hydrogen-bond donors (Lipinski definition) is 5. The van der Waals surface area contributed by atoms with Gasteiger partial charge in [0.25, 0.3) is 0 Å². The second-order valence-electron chi connectivity index (χ2n) is 21.8. The second kappa shape index (κ2) is 21.1. The Bertz CT molecular complexity index is 3110. The first-order valence-electron chi connectivity index (χ1n) is 25.9. The number of H-pyrrole nitrogens is 1. The predicted molar refractivity (Wildman–Crippen MR) is 283 cm³/mol. The van der Waals surface area contributed by atoms with Crippen LogP contribution in [0.2, 0.25) is 0 Å². The third kappa shape index (κ3) is 10.6. The van der Waals surface area contributed by atoms with Crippen LogP contribution >= 0.6 is 11.3 Å². The fourth-order valence-corrected chi connectivity index (χ4v) is 12.1. The van der Waals surface area contributed by atoms with E-state index in [4.69, 9.17) is 9.72 Å². The number of nitrogens with one attached hydrogen (secondary N) is 4. The molecule has 2 bridgehead atoms. The number of nitrogens with zero attached hydrogens (tertiary/aromatic N) is 7. The van der Waals surface area contributed by atoms with E-state index in [0.29, 0.717) is 66.0 Å². The van der Waals surface area contributed by atoms with E-state index in [-0.39, 0.29) is 78.4 Å². The molecule has 4 aliphatic heterocycles. The average molecular weight is 1030 g/mol. The second-order valence-corrected chi connectivity index (χ2v) is 22.7. The molecule has 4 aromatic heterocycles. The Labute approximate surface area is 433 Å². The molecule has 2 unspecified atom stereocenters. The molecule has 19 heteroatoms. The monoisotopic (exact) mass is 1030 g/mol. The molecule has 8 heterocycles. The number of amides is 3. The smallest absolute Gasteiger partial charge is 0.319 e. The Morgan fingerprint density at radius 2 is 1.73 bits per heavy atom. The van der Waals surface area contributed by atoms with Gasteiger partial charge in [0.2, 0.25) is 23.3 Å². The van der Waals surface area contributed by atoms with Crippen molar-refractivity contribution in [3.05, 3.63) is 93.7 Å². The summed E-state index contributed by atoms with van der Waals surface area (Å²) < 4.78 is 23.3. The number of aliphatic hydroxyl groups is 1. The molecule has 4 saturated heterocycles. The molecule has 4 aliphatic rings. The van der Waals surface area contributed by atoms with E-state index in [1.165, 1.54) is 11.0 Å². The van der Waals surface area contributed by atoms with Gasteiger partial charge in [0.15, 0.2) is 5.82 Å². The highest BCUT2D eigenvalue weighted by molar-refractivity contribution is 7.13. The maximum absolute atomic E-state index is 16.9. The zero-order valence-corrected chi connectivity index (χ0v) is 43.7. The highest BCUT2D eigenvalue weighted by Crippen LogP contribution is 2.36. The molecule has 390 valence electrons. The largest absolute Gasteiger partial charge is 0.462 e. The van der Waals surface area contributed by atoms with Crippen LogP contribution in [0.3, 0.4) is 0 Å². The maximum Gasteiger partial charge on any atom is 0.319 e. The minimum atomic E-state index is -0.924. The van der Waals surface area contributed by atoms with Crippen molar-refractivity contribution in [1.82, 2.24) is 50.7 Å². The number of benzene rings is 2. The Hall–Kier alpha value is -6.41. The van der Waals surface area contributed by atoms with E-state index in [2.05, 4.69) is 52.6 Å². The number of unbranched alkanes of at least 4 members (excludes halogenated alkanes) is 1. The lowest BCUT2D eigenvalue weighted by Gasteiger charge is -2.46. The molecule has 0 aliphatic carbocycles. The number of likely N-dealkylation sites (tertiary alicyclic amines) is 2. The van der Waals surface area contributed by atoms with Crippen molar-refractivity contribution >= 4 is 56.6 Å². The van der Waals surface area contributed by atoms with Crippen LogP contribution in [0.25, 0.3) is 43.5 Å². The van der Waals surface area contributed by atoms with Gasteiger partial charge in [0, 0.05) is 74.8 Å². The Balaban J connectivity index is 0.758. The van der Waals surface area contributed by atoms with Crippen LogP contribution in [0, 0.1) is 24.1 Å². The van der Waals surface area contributed by atoms with Gasteiger partial charge in [-0.15, -0.1) is 11.3 Å². The highest BCUT2D eigenvalue weighted by Gasteiger charge is 2.45. The summed E-state index contributed by atoms with van der Waals surface area (Å²) in [4.78, 5) is 82.7. The van der Waals surface area contributed by atoms with Gasteiger partial charge in [-0.1, -0.05) is 76.2 Å². The minimum Gasteiger partial charge on any atom is -0.462 e. The number of pyridine rings is 2. The molecule has 0 saturated carbocycles. The first kappa shape index (κ1) is 51.1. The third-order valence-electron chi connectivity index (χ3n) is 15.4. The van der Waals surface area contributed by atoms with Crippen molar-refractivity contribution in [1.29, 1.82) is 0 Å². The molecular formula is C55H66FN11O6S. The van der Waals surface area contributed by atoms with Crippen LogP contribution < -0.4 is 31.1 Å². The van der Waals surface area contributed by atoms with Crippen molar-refractivity contribution in [2.45, 2.75) is 122 Å². The molecule has 4 fully saturated rings. The van der Waals surface area contributed by atoms with Crippen LogP contribution in [-0.4, -0.2) is 133 Å². The number of aromatic amines is 1. The lowest BCUT2D eigenvalue weighted by molar-refractivity contribution is -0.144. The number of aryl methyl sites for hydroxylation is 1. The van der Waals surface area contributed by atoms with Crippen molar-refractivity contribution in [3.8, 4) is 27.8 Å². The molecule has 10 rings (SSSR count). The average Bonchev–Trinajstić information content (AvgIpc) is 4.10. The predicted octanol–water partition coefficient (Wildman–Crippen LogP) is 6.28. The fourth-order valence-electron chi connectivity index (χ4n) is 11.3. The van der Waals surface area contributed by atoms with Gasteiger partial charge in [0.1, 0.15) is 35.7 Å². The molecule has 0 radical (unpaired) electrons. The van der Waals surface area contributed by atoms with Gasteiger partial charge in [-0.05, 0) is 73.9 Å². The summed E-state index contributed by atoms with van der Waals surface area (Å²) in [7, 11) is 0. The molecular weight excluding hydrogens is 962 g/mol. The molecule has 3 amide bonds. The van der Waals surface area contributed by atoms with E-state index >= 15 is 4.39 Å². The van der Waals surface area contributed by atoms with Crippen molar-refractivity contribution < 1.29 is 28.6 Å². The Morgan fingerprint density at radius 3 is 2.45 bits per heavy atom. The Kier molecular flexibility index (Phi) is 14.6. The van der Waals surface area contributed by atoms with Gasteiger partial charge in [-0.25, -0.2) is 9.37 Å². The number of ether oxygens (including phenoxy) is 1. The number of carbonyl (C=O) groups excluding carboxylic acids is 3. The molecule has 6 aromatic rings. The van der Waals surface area contributed by atoms with Crippen LogP contribution in [0.1, 0.15) is 90.4 Å². The number of halogens is 1. The summed E-state index contributed by atoms with van der Waals surface area (Å²) >= 11 is 1.58. The molecule has 2 aromatic carbocycles. The van der Waals surface area contributed by atoms with Crippen LogP contribution in [-0.2, 0) is 14.4 Å². The SMILES string of the molecule is Cc1ncsc1-c1ccc([C@H](C)NC(=O)[C@@H]2C[C@@H](O)CN2C(=O)[C@@H](NC(=O)CCCCN2C[C@@H](C)[C@H]2COc2nc(N3CC4CCC(C3)N4)c3cnc(-c4[nH]c(=O)cc5ccccc45)c(F)c3n2)C(C)(C)C)cc1. The molecule has 74 heavy (non-hydrogen) atoms. The number of aliphatic hydroxyl groups excluding tert-OH is 1. The van der Waals surface area contributed by atoms with Crippen LogP contribution in [0.4, 0.5) is 10.2 Å². The summed E-state index contributed by atoms with van der Waals surface area (Å²) in [5.74, 6) is -0.827. The van der Waals surface area contributed by atoms with Gasteiger partial charge in [-0.3, -0.25) is 29.1 Å². The van der Waals surface area contributed by atoms with E-state index in [1.54, 1.807) is 17.5 Å². The van der Waals surface area contributed by atoms with E-state index in [1.807, 2.05) is 88.7 Å². The van der Waals surface area contributed by atoms with Gasteiger partial charge < -0.3 is 40.6 Å². The Morgan fingerprint density at radius 1 is 0.973 bits per heavy atom. The summed E-state index contributed by atoms with van der Waals surface area (Å²) in [6.07, 6.45) is 4.41. The molecule has 8 atom stereocenters. The van der Waals surface area contributed by atoms with E-state index in [0.717, 1.165) is 47.5 Å². The quantitative estimate of drug-likeness (QED) is 0.0677. The van der Waals surface area contributed by atoms with Gasteiger partial charge >= 0.3 is 6.01 Å². The van der Waals surface area contributed by atoms with Crippen LogP contribution in [0.5, 0.6) is 6.01 Å². The summed E-state index contributed by atoms with van der Waals surface area (Å²) in [5.41, 5.74) is 4.01. The minimum absolute atomic E-state index is 0.00873. The highest BCUT2D eigenvalue weighted by atomic mass is 32.1. The maximum atomic E-state index is 16.9. The van der Waals surface area contributed by atoms with Crippen molar-refractivity contribution in [3.63, 3.8) is 0 Å². The number of β-amino-alcohol motifs (C(OH)–C–C–N with tert-alkyl or cyclic N) is 1. The first-order chi connectivity index (χ1) is 35.5. The normalized spacial score (nSPS) is 22.7. The summed E-state index contributed by atoms with van der Waals surface area (Å²) in [6, 6.07) is 15.2.